The Kier molecular flexibility index (Phi) is 5.65. The zero-order chi connectivity index (χ0) is 21.2. The molecule has 0 saturated heterocycles. The molecule has 0 atom stereocenters. The first-order valence-electron chi connectivity index (χ1n) is 9.04. The van der Waals surface area contributed by atoms with E-state index >= 15 is 0 Å². The van der Waals surface area contributed by atoms with Crippen molar-refractivity contribution in [2.24, 2.45) is 5.92 Å². The molecule has 29 heavy (non-hydrogen) atoms. The van der Waals surface area contributed by atoms with E-state index in [1.54, 1.807) is 18.2 Å². The van der Waals surface area contributed by atoms with E-state index in [9.17, 15) is 23.4 Å². The van der Waals surface area contributed by atoms with Crippen molar-refractivity contribution in [1.82, 2.24) is 4.98 Å². The van der Waals surface area contributed by atoms with Crippen LogP contribution in [-0.4, -0.2) is 29.5 Å². The largest absolute Gasteiger partial charge is 0.505 e. The van der Waals surface area contributed by atoms with Crippen molar-refractivity contribution in [1.29, 1.82) is 0 Å². The summed E-state index contributed by atoms with van der Waals surface area (Å²) in [5.74, 6) is -1.20. The van der Waals surface area contributed by atoms with Gasteiger partial charge in [-0.3, -0.25) is 4.79 Å². The standard InChI is InChI=1S/C21H22N2O5S/c1-13(2)12-17-19(24)18(21(26)23-17)20(25)22-14-8-10-16(11-9-14)29(27,28)15-6-4-3-5-7-15/h3-11,13,23-24,26H,12H2,1-2H3,(H,22,25). The second-order valence-corrected chi connectivity index (χ2v) is 9.02. The second kappa shape index (κ2) is 8.00. The Morgan fingerprint density at radius 3 is 2.17 bits per heavy atom. The molecule has 152 valence electrons. The summed E-state index contributed by atoms with van der Waals surface area (Å²) in [5, 5.41) is 22.8. The Bertz CT molecular complexity index is 1120. The number of carbonyl (C=O) groups is 1. The Morgan fingerprint density at radius 1 is 1.00 bits per heavy atom. The predicted octanol–water partition coefficient (Wildman–Crippen LogP) is 3.71. The van der Waals surface area contributed by atoms with Crippen molar-refractivity contribution in [3.8, 4) is 11.6 Å². The number of rotatable bonds is 6. The van der Waals surface area contributed by atoms with Crippen molar-refractivity contribution >= 4 is 21.4 Å². The fourth-order valence-electron chi connectivity index (χ4n) is 2.95. The number of sulfone groups is 1. The summed E-state index contributed by atoms with van der Waals surface area (Å²) in [6, 6.07) is 13.7. The van der Waals surface area contributed by atoms with Crippen LogP contribution >= 0.6 is 0 Å². The topological polar surface area (TPSA) is 119 Å². The van der Waals surface area contributed by atoms with E-state index in [-0.39, 0.29) is 27.0 Å². The molecule has 1 aromatic heterocycles. The summed E-state index contributed by atoms with van der Waals surface area (Å²) in [6.07, 6.45) is 0.471. The number of hydrogen-bond donors (Lipinski definition) is 4. The fraction of sp³-hybridized carbons (Fsp3) is 0.190. The molecule has 0 radical (unpaired) electrons. The van der Waals surface area contributed by atoms with Gasteiger partial charge in [0, 0.05) is 5.69 Å². The molecule has 3 rings (SSSR count). The molecule has 0 unspecified atom stereocenters. The third kappa shape index (κ3) is 4.27. The summed E-state index contributed by atoms with van der Waals surface area (Å²) in [6.45, 7) is 3.89. The van der Waals surface area contributed by atoms with Gasteiger partial charge in [-0.15, -0.1) is 0 Å². The number of anilines is 1. The van der Waals surface area contributed by atoms with Crippen LogP contribution in [0.5, 0.6) is 11.6 Å². The minimum absolute atomic E-state index is 0.0910. The summed E-state index contributed by atoms with van der Waals surface area (Å²) in [5.41, 5.74) is 0.459. The smallest absolute Gasteiger partial charge is 0.264 e. The van der Waals surface area contributed by atoms with Gasteiger partial charge >= 0.3 is 0 Å². The molecule has 4 N–H and O–H groups in total. The average Bonchev–Trinajstić information content (AvgIpc) is 2.95. The monoisotopic (exact) mass is 414 g/mol. The molecule has 0 aliphatic carbocycles. The molecule has 2 aromatic carbocycles. The first-order chi connectivity index (χ1) is 13.7. The molecule has 8 heteroatoms. The van der Waals surface area contributed by atoms with Crippen LogP contribution in [-0.2, 0) is 16.3 Å². The number of nitrogens with one attached hydrogen (secondary N) is 2. The van der Waals surface area contributed by atoms with Crippen LogP contribution in [0.3, 0.4) is 0 Å². The molecule has 0 aliphatic heterocycles. The zero-order valence-corrected chi connectivity index (χ0v) is 16.8. The zero-order valence-electron chi connectivity index (χ0n) is 16.0. The highest BCUT2D eigenvalue weighted by Crippen LogP contribution is 2.33. The van der Waals surface area contributed by atoms with Gasteiger partial charge in [0.05, 0.1) is 15.5 Å². The van der Waals surface area contributed by atoms with Crippen molar-refractivity contribution in [2.45, 2.75) is 30.1 Å². The molecule has 3 aromatic rings. The average molecular weight is 414 g/mol. The van der Waals surface area contributed by atoms with Gasteiger partial charge in [0.2, 0.25) is 15.7 Å². The summed E-state index contributed by atoms with van der Waals surface area (Å²) in [7, 11) is -3.66. The van der Waals surface area contributed by atoms with Gasteiger partial charge in [-0.1, -0.05) is 32.0 Å². The van der Waals surface area contributed by atoms with Crippen LogP contribution in [0.2, 0.25) is 0 Å². The lowest BCUT2D eigenvalue weighted by atomic mass is 10.1. The van der Waals surface area contributed by atoms with Gasteiger partial charge in [-0.05, 0) is 48.7 Å². The Balaban J connectivity index is 1.80. The number of carbonyl (C=O) groups excluding carboxylic acids is 1. The van der Waals surface area contributed by atoms with E-state index in [2.05, 4.69) is 10.3 Å². The highest BCUT2D eigenvalue weighted by molar-refractivity contribution is 7.91. The van der Waals surface area contributed by atoms with E-state index in [0.29, 0.717) is 17.8 Å². The van der Waals surface area contributed by atoms with E-state index in [1.165, 1.54) is 36.4 Å². The van der Waals surface area contributed by atoms with Crippen LogP contribution < -0.4 is 5.32 Å². The Morgan fingerprint density at radius 2 is 1.59 bits per heavy atom. The number of amides is 1. The molecule has 7 nitrogen and oxygen atoms in total. The predicted molar refractivity (Wildman–Crippen MR) is 109 cm³/mol. The van der Waals surface area contributed by atoms with Crippen molar-refractivity contribution in [3.63, 3.8) is 0 Å². The number of aromatic hydroxyl groups is 2. The second-order valence-electron chi connectivity index (χ2n) is 7.07. The van der Waals surface area contributed by atoms with Gasteiger partial charge in [-0.25, -0.2) is 8.42 Å². The van der Waals surface area contributed by atoms with Crippen LogP contribution in [0, 0.1) is 5.92 Å². The Labute approximate surface area is 169 Å². The molecule has 0 aliphatic rings. The van der Waals surface area contributed by atoms with Gasteiger partial charge in [0.25, 0.3) is 5.91 Å². The number of aromatic nitrogens is 1. The van der Waals surface area contributed by atoms with Crippen LogP contribution in [0.25, 0.3) is 0 Å². The maximum Gasteiger partial charge on any atom is 0.264 e. The van der Waals surface area contributed by atoms with Gasteiger partial charge < -0.3 is 20.5 Å². The SMILES string of the molecule is CC(C)Cc1[nH]c(O)c(C(=O)Nc2ccc(S(=O)(=O)c3ccccc3)cc2)c1O. The molecule has 0 spiro atoms. The van der Waals surface area contributed by atoms with Gasteiger partial charge in [0.15, 0.2) is 5.75 Å². The van der Waals surface area contributed by atoms with Crippen molar-refractivity contribution in [3.05, 3.63) is 65.9 Å². The molecule has 0 bridgehead atoms. The van der Waals surface area contributed by atoms with E-state index in [0.717, 1.165) is 0 Å². The van der Waals surface area contributed by atoms with Crippen molar-refractivity contribution < 1.29 is 23.4 Å². The molecule has 0 saturated carbocycles. The molecular weight excluding hydrogens is 392 g/mol. The van der Waals surface area contributed by atoms with E-state index < -0.39 is 21.6 Å². The highest BCUT2D eigenvalue weighted by Gasteiger charge is 2.24. The number of aromatic amines is 1. The van der Waals surface area contributed by atoms with Crippen LogP contribution in [0.1, 0.15) is 29.9 Å². The maximum absolute atomic E-state index is 12.6. The molecule has 0 fully saturated rings. The lowest BCUT2D eigenvalue weighted by Gasteiger charge is -2.08. The molecular formula is C21H22N2O5S. The Hall–Kier alpha value is -3.26. The van der Waals surface area contributed by atoms with Crippen LogP contribution in [0.4, 0.5) is 5.69 Å². The summed E-state index contributed by atoms with van der Waals surface area (Å²) in [4.78, 5) is 15.4. The molecule has 1 heterocycles. The first kappa shape index (κ1) is 20.5. The summed E-state index contributed by atoms with van der Waals surface area (Å²) >= 11 is 0. The summed E-state index contributed by atoms with van der Waals surface area (Å²) < 4.78 is 25.2. The fourth-order valence-corrected chi connectivity index (χ4v) is 4.23. The lowest BCUT2D eigenvalue weighted by Crippen LogP contribution is -2.12. The van der Waals surface area contributed by atoms with Crippen LogP contribution in [0.15, 0.2) is 64.4 Å². The van der Waals surface area contributed by atoms with Gasteiger partial charge in [0.1, 0.15) is 5.56 Å². The number of benzene rings is 2. The van der Waals surface area contributed by atoms with Crippen molar-refractivity contribution in [2.75, 3.05) is 5.32 Å². The van der Waals surface area contributed by atoms with Gasteiger partial charge in [-0.2, -0.15) is 0 Å². The molecule has 1 amide bonds. The third-order valence-electron chi connectivity index (χ3n) is 4.34. The minimum Gasteiger partial charge on any atom is -0.505 e. The van der Waals surface area contributed by atoms with E-state index in [4.69, 9.17) is 0 Å². The quantitative estimate of drug-likeness (QED) is 0.490. The highest BCUT2D eigenvalue weighted by atomic mass is 32.2. The third-order valence-corrected chi connectivity index (χ3v) is 6.13. The lowest BCUT2D eigenvalue weighted by molar-refractivity contribution is 0.102. The number of H-pyrrole nitrogens is 1. The normalized spacial score (nSPS) is 11.6. The maximum atomic E-state index is 12.6. The van der Waals surface area contributed by atoms with E-state index in [1.807, 2.05) is 13.8 Å². The minimum atomic E-state index is -3.66. The first-order valence-corrected chi connectivity index (χ1v) is 10.5. The number of hydrogen-bond acceptors (Lipinski definition) is 5.